The van der Waals surface area contributed by atoms with Gasteiger partial charge in [0.15, 0.2) is 0 Å². The number of hydrogen-bond donors (Lipinski definition) is 0. The summed E-state index contributed by atoms with van der Waals surface area (Å²) in [6, 6.07) is 13.8. The molecule has 0 radical (unpaired) electrons. The molecule has 4 aromatic rings. The maximum atomic E-state index is 2.33. The Morgan fingerprint density at radius 1 is 0.550 bits per heavy atom. The standard InChI is InChI=1S/C20H18/c1-11-10-15-5-6-16-12(2)9-13(3)17-7-8-18(14(11)4)19(15)20(16)17/h5-10H,1-4H3. The van der Waals surface area contributed by atoms with Crippen molar-refractivity contribution in [3.8, 4) is 0 Å². The molecular weight excluding hydrogens is 240 g/mol. The topological polar surface area (TPSA) is 0 Å². The molecule has 0 amide bonds. The summed E-state index contributed by atoms with van der Waals surface area (Å²) in [6.07, 6.45) is 0. The lowest BCUT2D eigenvalue weighted by Crippen LogP contribution is -1.92. The van der Waals surface area contributed by atoms with Crippen LogP contribution in [0, 0.1) is 27.7 Å². The molecule has 0 aliphatic carbocycles. The fourth-order valence-corrected chi connectivity index (χ4v) is 3.65. The molecule has 0 saturated carbocycles. The molecule has 0 saturated heterocycles. The van der Waals surface area contributed by atoms with Crippen LogP contribution in [0.15, 0.2) is 36.4 Å². The van der Waals surface area contributed by atoms with Crippen molar-refractivity contribution in [3.63, 3.8) is 0 Å². The lowest BCUT2D eigenvalue weighted by molar-refractivity contribution is 1.39. The van der Waals surface area contributed by atoms with E-state index in [4.69, 9.17) is 0 Å². The molecule has 4 rings (SSSR count). The van der Waals surface area contributed by atoms with Crippen molar-refractivity contribution in [2.45, 2.75) is 27.7 Å². The SMILES string of the molecule is Cc1cc2ccc3c(C)cc(C)c4ccc(c1C)c2c34. The van der Waals surface area contributed by atoms with E-state index in [0.29, 0.717) is 0 Å². The molecule has 98 valence electrons. The van der Waals surface area contributed by atoms with Gasteiger partial charge >= 0.3 is 0 Å². The van der Waals surface area contributed by atoms with Crippen molar-refractivity contribution in [1.29, 1.82) is 0 Å². The van der Waals surface area contributed by atoms with Crippen LogP contribution >= 0.6 is 0 Å². The van der Waals surface area contributed by atoms with Crippen LogP contribution in [0.25, 0.3) is 32.3 Å². The molecule has 20 heavy (non-hydrogen) atoms. The molecule has 0 heterocycles. The summed E-state index contributed by atoms with van der Waals surface area (Å²) >= 11 is 0. The molecule has 0 aliphatic rings. The average molecular weight is 258 g/mol. The quantitative estimate of drug-likeness (QED) is 0.349. The highest BCUT2D eigenvalue weighted by Crippen LogP contribution is 2.39. The number of benzene rings is 4. The van der Waals surface area contributed by atoms with Crippen molar-refractivity contribution in [2.24, 2.45) is 0 Å². The van der Waals surface area contributed by atoms with Crippen molar-refractivity contribution >= 4 is 32.3 Å². The van der Waals surface area contributed by atoms with Gasteiger partial charge in [-0.25, -0.2) is 0 Å². The summed E-state index contributed by atoms with van der Waals surface area (Å²) in [5, 5.41) is 8.45. The Labute approximate surface area is 119 Å². The molecule has 0 aromatic heterocycles. The summed E-state index contributed by atoms with van der Waals surface area (Å²) in [6.45, 7) is 8.88. The van der Waals surface area contributed by atoms with Gasteiger partial charge in [0.05, 0.1) is 0 Å². The van der Waals surface area contributed by atoms with Crippen LogP contribution in [-0.2, 0) is 0 Å². The molecule has 0 nitrogen and oxygen atoms in total. The summed E-state index contributed by atoms with van der Waals surface area (Å²) in [5.74, 6) is 0. The molecule has 0 bridgehead atoms. The zero-order chi connectivity index (χ0) is 14.0. The first-order valence-electron chi connectivity index (χ1n) is 7.23. The Kier molecular flexibility index (Phi) is 2.18. The third kappa shape index (κ3) is 1.31. The lowest BCUT2D eigenvalue weighted by atomic mass is 9.87. The van der Waals surface area contributed by atoms with Crippen LogP contribution < -0.4 is 0 Å². The summed E-state index contributed by atoms with van der Waals surface area (Å²) < 4.78 is 0. The van der Waals surface area contributed by atoms with Crippen LogP contribution in [0.5, 0.6) is 0 Å². The molecule has 0 N–H and O–H groups in total. The molecule has 0 spiro atoms. The maximum Gasteiger partial charge on any atom is -0.00214 e. The average Bonchev–Trinajstić information content (AvgIpc) is 2.43. The second-order valence-electron chi connectivity index (χ2n) is 6.08. The van der Waals surface area contributed by atoms with Gasteiger partial charge in [-0.15, -0.1) is 0 Å². The lowest BCUT2D eigenvalue weighted by Gasteiger charge is -2.16. The molecule has 0 unspecified atom stereocenters. The van der Waals surface area contributed by atoms with E-state index in [1.807, 2.05) is 0 Å². The van der Waals surface area contributed by atoms with E-state index in [0.717, 1.165) is 0 Å². The minimum absolute atomic E-state index is 1.37. The van der Waals surface area contributed by atoms with Crippen LogP contribution in [0.3, 0.4) is 0 Å². The summed E-state index contributed by atoms with van der Waals surface area (Å²) in [7, 11) is 0. The van der Waals surface area contributed by atoms with Crippen LogP contribution in [0.4, 0.5) is 0 Å². The van der Waals surface area contributed by atoms with Gasteiger partial charge in [-0.2, -0.15) is 0 Å². The maximum absolute atomic E-state index is 2.33. The van der Waals surface area contributed by atoms with Gasteiger partial charge in [-0.1, -0.05) is 36.4 Å². The minimum Gasteiger partial charge on any atom is -0.0551 e. The van der Waals surface area contributed by atoms with E-state index in [1.165, 1.54) is 54.6 Å². The second-order valence-corrected chi connectivity index (χ2v) is 6.08. The van der Waals surface area contributed by atoms with Crippen LogP contribution in [-0.4, -0.2) is 0 Å². The van der Waals surface area contributed by atoms with Gasteiger partial charge in [0.2, 0.25) is 0 Å². The molecular formula is C20H18. The van der Waals surface area contributed by atoms with Crippen LogP contribution in [0.2, 0.25) is 0 Å². The predicted molar refractivity (Wildman–Crippen MR) is 89.1 cm³/mol. The second kappa shape index (κ2) is 3.73. The van der Waals surface area contributed by atoms with Gasteiger partial charge in [-0.3, -0.25) is 0 Å². The Balaban J connectivity index is 2.45. The zero-order valence-electron chi connectivity index (χ0n) is 12.5. The smallest absolute Gasteiger partial charge is 0.00214 e. The molecule has 0 heteroatoms. The third-order valence-corrected chi connectivity index (χ3v) is 4.84. The Morgan fingerprint density at radius 3 is 1.85 bits per heavy atom. The van der Waals surface area contributed by atoms with Crippen molar-refractivity contribution in [2.75, 3.05) is 0 Å². The molecule has 4 aromatic carbocycles. The molecule has 0 aliphatic heterocycles. The van der Waals surface area contributed by atoms with Gasteiger partial charge in [0, 0.05) is 0 Å². The molecule has 0 fully saturated rings. The van der Waals surface area contributed by atoms with E-state index < -0.39 is 0 Å². The van der Waals surface area contributed by atoms with E-state index in [9.17, 15) is 0 Å². The highest BCUT2D eigenvalue weighted by Gasteiger charge is 2.13. The fraction of sp³-hybridized carbons (Fsp3) is 0.200. The monoisotopic (exact) mass is 258 g/mol. The van der Waals surface area contributed by atoms with E-state index in [2.05, 4.69) is 64.1 Å². The van der Waals surface area contributed by atoms with Crippen molar-refractivity contribution < 1.29 is 0 Å². The minimum atomic E-state index is 1.37. The van der Waals surface area contributed by atoms with Crippen molar-refractivity contribution in [3.05, 3.63) is 58.7 Å². The third-order valence-electron chi connectivity index (χ3n) is 4.84. The van der Waals surface area contributed by atoms with Gasteiger partial charge in [0.25, 0.3) is 0 Å². The summed E-state index contributed by atoms with van der Waals surface area (Å²) in [4.78, 5) is 0. The Bertz CT molecular complexity index is 952. The van der Waals surface area contributed by atoms with Crippen molar-refractivity contribution in [1.82, 2.24) is 0 Å². The number of hydrogen-bond acceptors (Lipinski definition) is 0. The van der Waals surface area contributed by atoms with Gasteiger partial charge in [0.1, 0.15) is 0 Å². The largest absolute Gasteiger partial charge is 0.0551 e. The highest BCUT2D eigenvalue weighted by atomic mass is 14.2. The van der Waals surface area contributed by atoms with E-state index >= 15 is 0 Å². The van der Waals surface area contributed by atoms with Gasteiger partial charge in [-0.05, 0) is 82.3 Å². The predicted octanol–water partition coefficient (Wildman–Crippen LogP) is 5.82. The van der Waals surface area contributed by atoms with E-state index in [-0.39, 0.29) is 0 Å². The Morgan fingerprint density at radius 2 is 1.15 bits per heavy atom. The fourth-order valence-electron chi connectivity index (χ4n) is 3.65. The van der Waals surface area contributed by atoms with Crippen LogP contribution in [0.1, 0.15) is 22.3 Å². The zero-order valence-corrected chi connectivity index (χ0v) is 12.5. The molecule has 0 atom stereocenters. The normalized spacial score (nSPS) is 12.0. The van der Waals surface area contributed by atoms with Gasteiger partial charge < -0.3 is 0 Å². The number of rotatable bonds is 0. The first-order valence-corrected chi connectivity index (χ1v) is 7.23. The summed E-state index contributed by atoms with van der Waals surface area (Å²) in [5.41, 5.74) is 5.54. The van der Waals surface area contributed by atoms with E-state index in [1.54, 1.807) is 0 Å². The first kappa shape index (κ1) is 11.7. The first-order chi connectivity index (χ1) is 9.58. The number of aryl methyl sites for hydroxylation is 4. The Hall–Kier alpha value is -2.08. The highest BCUT2D eigenvalue weighted by molar-refractivity contribution is 6.24.